The van der Waals surface area contributed by atoms with Gasteiger partial charge in [-0.3, -0.25) is 4.98 Å². The van der Waals surface area contributed by atoms with Gasteiger partial charge in [-0.2, -0.15) is 0 Å². The van der Waals surface area contributed by atoms with E-state index in [0.717, 1.165) is 28.1 Å². The largest absolute Gasteiger partial charge is 0.352 e. The summed E-state index contributed by atoms with van der Waals surface area (Å²) in [7, 11) is 0. The monoisotopic (exact) mass is 452 g/mol. The summed E-state index contributed by atoms with van der Waals surface area (Å²) in [5.41, 5.74) is 6.96. The second-order valence-electron chi connectivity index (χ2n) is 8.77. The van der Waals surface area contributed by atoms with Crippen LogP contribution < -0.4 is 5.32 Å². The van der Waals surface area contributed by atoms with Crippen molar-refractivity contribution in [1.29, 1.82) is 0 Å². The number of thiocarbonyl (C=S) groups is 1. The summed E-state index contributed by atoms with van der Waals surface area (Å²) in [4.78, 5) is 6.98. The van der Waals surface area contributed by atoms with E-state index in [2.05, 4.69) is 72.6 Å². The molecule has 31 heavy (non-hydrogen) atoms. The van der Waals surface area contributed by atoms with Crippen LogP contribution in [0.3, 0.4) is 0 Å². The molecule has 2 unspecified atom stereocenters. The Morgan fingerprint density at radius 3 is 2.58 bits per heavy atom. The number of benzene rings is 1. The van der Waals surface area contributed by atoms with Gasteiger partial charge in [0, 0.05) is 34.8 Å². The number of hydrogen-bond acceptors (Lipinski definition) is 2. The molecule has 0 amide bonds. The van der Waals surface area contributed by atoms with Crippen LogP contribution in [-0.4, -0.2) is 26.1 Å². The number of nitrogens with one attached hydrogen (secondary N) is 1. The Balaban J connectivity index is 1.86. The van der Waals surface area contributed by atoms with Gasteiger partial charge >= 0.3 is 0 Å². The molecule has 1 aromatic carbocycles. The van der Waals surface area contributed by atoms with Crippen molar-refractivity contribution >= 4 is 28.9 Å². The zero-order chi connectivity index (χ0) is 22.3. The van der Waals surface area contributed by atoms with E-state index in [0.29, 0.717) is 5.92 Å². The highest BCUT2D eigenvalue weighted by molar-refractivity contribution is 7.80. The summed E-state index contributed by atoms with van der Waals surface area (Å²) in [6.45, 7) is 11.8. The Labute approximate surface area is 195 Å². The molecule has 3 heterocycles. The molecule has 2 aromatic heterocycles. The highest BCUT2D eigenvalue weighted by Gasteiger charge is 2.41. The lowest BCUT2D eigenvalue weighted by Gasteiger charge is -2.29. The maximum Gasteiger partial charge on any atom is 0.170 e. The van der Waals surface area contributed by atoms with E-state index < -0.39 is 0 Å². The molecule has 1 fully saturated rings. The Bertz CT molecular complexity index is 1110. The highest BCUT2D eigenvalue weighted by Crippen LogP contribution is 2.42. The van der Waals surface area contributed by atoms with Crippen molar-refractivity contribution in [2.24, 2.45) is 5.92 Å². The summed E-state index contributed by atoms with van der Waals surface area (Å²) in [6, 6.07) is 14.5. The van der Waals surface area contributed by atoms with Gasteiger partial charge in [0.1, 0.15) is 0 Å². The third kappa shape index (κ3) is 4.09. The molecule has 4 rings (SSSR count). The quantitative estimate of drug-likeness (QED) is 0.475. The van der Waals surface area contributed by atoms with Crippen molar-refractivity contribution in [3.8, 4) is 5.69 Å². The van der Waals surface area contributed by atoms with Crippen LogP contribution in [0, 0.1) is 26.7 Å². The second kappa shape index (κ2) is 8.64. The SMILES string of the molecule is Cc1ccc(Cl)cc1-n1c(C)cc(C2C(c3ccccn3)NC(=S)N2CC(C)C)c1C. The highest BCUT2D eigenvalue weighted by atomic mass is 35.5. The molecule has 0 aliphatic carbocycles. The molecule has 6 heteroatoms. The summed E-state index contributed by atoms with van der Waals surface area (Å²) >= 11 is 12.1. The van der Waals surface area contributed by atoms with Gasteiger partial charge in [-0.05, 0) is 80.4 Å². The molecule has 1 saturated heterocycles. The number of hydrogen-bond donors (Lipinski definition) is 1. The first kappa shape index (κ1) is 21.8. The van der Waals surface area contributed by atoms with Crippen LogP contribution in [-0.2, 0) is 0 Å². The van der Waals surface area contributed by atoms with Crippen molar-refractivity contribution in [1.82, 2.24) is 19.8 Å². The number of nitrogens with zero attached hydrogens (tertiary/aromatic N) is 3. The minimum Gasteiger partial charge on any atom is -0.352 e. The fourth-order valence-electron chi connectivity index (χ4n) is 4.62. The van der Waals surface area contributed by atoms with Gasteiger partial charge in [0.15, 0.2) is 5.11 Å². The number of aromatic nitrogens is 2. The number of pyridine rings is 1. The Kier molecular flexibility index (Phi) is 6.09. The van der Waals surface area contributed by atoms with E-state index in [4.69, 9.17) is 23.8 Å². The first-order valence-electron chi connectivity index (χ1n) is 10.7. The van der Waals surface area contributed by atoms with Crippen molar-refractivity contribution in [2.45, 2.75) is 46.7 Å². The minimum absolute atomic E-state index is 0.00172. The Hall–Kier alpha value is -2.37. The van der Waals surface area contributed by atoms with E-state index in [9.17, 15) is 0 Å². The standard InChI is InChI=1S/C25H29ClN4S/c1-15(2)14-29-24(23(28-25(29)31)21-8-6-7-11-27-21)20-12-17(4)30(18(20)5)22-13-19(26)10-9-16(22)3/h6-13,15,23-24H,14H2,1-5H3,(H,28,31). The average Bonchev–Trinajstić information content (AvgIpc) is 3.20. The zero-order valence-corrected chi connectivity index (χ0v) is 20.3. The molecule has 0 radical (unpaired) electrons. The van der Waals surface area contributed by atoms with E-state index in [1.165, 1.54) is 22.5 Å². The van der Waals surface area contributed by atoms with Gasteiger partial charge in [0.25, 0.3) is 0 Å². The van der Waals surface area contributed by atoms with Gasteiger partial charge < -0.3 is 14.8 Å². The topological polar surface area (TPSA) is 33.1 Å². The molecule has 0 spiro atoms. The van der Waals surface area contributed by atoms with Crippen molar-refractivity contribution in [3.63, 3.8) is 0 Å². The summed E-state index contributed by atoms with van der Waals surface area (Å²) in [5.74, 6) is 0.489. The van der Waals surface area contributed by atoms with Gasteiger partial charge in [-0.15, -0.1) is 0 Å². The first-order valence-corrected chi connectivity index (χ1v) is 11.5. The van der Waals surface area contributed by atoms with E-state index in [-0.39, 0.29) is 12.1 Å². The molecule has 0 saturated carbocycles. The minimum atomic E-state index is 0.00172. The molecule has 1 N–H and O–H groups in total. The molecular weight excluding hydrogens is 424 g/mol. The summed E-state index contributed by atoms with van der Waals surface area (Å²) in [6.07, 6.45) is 1.85. The zero-order valence-electron chi connectivity index (χ0n) is 18.7. The van der Waals surface area contributed by atoms with Gasteiger partial charge in [-0.1, -0.05) is 37.6 Å². The van der Waals surface area contributed by atoms with Gasteiger partial charge in [0.05, 0.1) is 17.8 Å². The van der Waals surface area contributed by atoms with E-state index in [1.807, 2.05) is 30.5 Å². The Morgan fingerprint density at radius 1 is 1.13 bits per heavy atom. The smallest absolute Gasteiger partial charge is 0.170 e. The summed E-state index contributed by atoms with van der Waals surface area (Å²) in [5, 5.41) is 5.09. The first-order chi connectivity index (χ1) is 14.8. The Morgan fingerprint density at radius 2 is 1.90 bits per heavy atom. The van der Waals surface area contributed by atoms with Crippen LogP contribution in [0.5, 0.6) is 0 Å². The molecule has 4 nitrogen and oxygen atoms in total. The third-order valence-corrected chi connectivity index (χ3v) is 6.55. The maximum absolute atomic E-state index is 6.35. The molecule has 2 atom stereocenters. The van der Waals surface area contributed by atoms with Crippen molar-refractivity contribution in [2.75, 3.05) is 6.54 Å². The summed E-state index contributed by atoms with van der Waals surface area (Å²) < 4.78 is 2.31. The molecule has 1 aliphatic rings. The van der Waals surface area contributed by atoms with Gasteiger partial charge in [0.2, 0.25) is 0 Å². The van der Waals surface area contributed by atoms with Gasteiger partial charge in [-0.25, -0.2) is 0 Å². The average molecular weight is 453 g/mol. The van der Waals surface area contributed by atoms with Crippen LogP contribution in [0.15, 0.2) is 48.7 Å². The van der Waals surface area contributed by atoms with Crippen molar-refractivity contribution in [3.05, 3.63) is 81.9 Å². The van der Waals surface area contributed by atoms with Crippen LogP contribution in [0.2, 0.25) is 5.02 Å². The number of rotatable bonds is 5. The third-order valence-electron chi connectivity index (χ3n) is 5.96. The van der Waals surface area contributed by atoms with Crippen LogP contribution in [0.25, 0.3) is 5.69 Å². The van der Waals surface area contributed by atoms with Crippen LogP contribution in [0.1, 0.15) is 54.1 Å². The fraction of sp³-hybridized carbons (Fsp3) is 0.360. The second-order valence-corrected chi connectivity index (χ2v) is 9.59. The number of halogens is 1. The molecule has 0 bridgehead atoms. The molecule has 162 valence electrons. The molecule has 1 aliphatic heterocycles. The lowest BCUT2D eigenvalue weighted by atomic mass is 9.96. The number of aryl methyl sites for hydroxylation is 2. The van der Waals surface area contributed by atoms with Crippen LogP contribution in [0.4, 0.5) is 0 Å². The van der Waals surface area contributed by atoms with E-state index in [1.54, 1.807) is 0 Å². The fourth-order valence-corrected chi connectivity index (χ4v) is 5.10. The van der Waals surface area contributed by atoms with Crippen molar-refractivity contribution < 1.29 is 0 Å². The van der Waals surface area contributed by atoms with Crippen LogP contribution >= 0.6 is 23.8 Å². The predicted octanol–water partition coefficient (Wildman–Crippen LogP) is 6.08. The normalized spacial score (nSPS) is 18.7. The van der Waals surface area contributed by atoms with E-state index >= 15 is 0 Å². The predicted molar refractivity (Wildman–Crippen MR) is 132 cm³/mol. The maximum atomic E-state index is 6.35. The lowest BCUT2D eigenvalue weighted by Crippen LogP contribution is -2.33. The molecule has 3 aromatic rings. The molecular formula is C25H29ClN4S. The lowest BCUT2D eigenvalue weighted by molar-refractivity contribution is 0.287.